The SMILES string of the molecule is COc1ccc(C(=O)NCCCOCCCl)cc1Br. The first-order valence-electron chi connectivity index (χ1n) is 5.94. The van der Waals surface area contributed by atoms with Crippen LogP contribution in [0.4, 0.5) is 0 Å². The minimum atomic E-state index is -0.110. The number of carbonyl (C=O) groups excluding carboxylic acids is 1. The van der Waals surface area contributed by atoms with Crippen molar-refractivity contribution in [2.45, 2.75) is 6.42 Å². The fraction of sp³-hybridized carbons (Fsp3) is 0.462. The Labute approximate surface area is 126 Å². The van der Waals surface area contributed by atoms with E-state index in [1.807, 2.05) is 0 Å². The molecule has 6 heteroatoms. The molecule has 19 heavy (non-hydrogen) atoms. The van der Waals surface area contributed by atoms with Crippen LogP contribution in [0.1, 0.15) is 16.8 Å². The third-order valence-electron chi connectivity index (χ3n) is 2.39. The molecule has 0 fully saturated rings. The largest absolute Gasteiger partial charge is 0.496 e. The Morgan fingerprint density at radius 2 is 2.21 bits per heavy atom. The summed E-state index contributed by atoms with van der Waals surface area (Å²) >= 11 is 8.82. The minimum Gasteiger partial charge on any atom is -0.496 e. The summed E-state index contributed by atoms with van der Waals surface area (Å²) in [4.78, 5) is 11.9. The molecule has 1 rings (SSSR count). The third kappa shape index (κ3) is 5.80. The van der Waals surface area contributed by atoms with Crippen molar-refractivity contribution in [2.24, 2.45) is 0 Å². The number of methoxy groups -OCH3 is 1. The van der Waals surface area contributed by atoms with E-state index < -0.39 is 0 Å². The fourth-order valence-electron chi connectivity index (χ4n) is 1.44. The Morgan fingerprint density at radius 1 is 1.42 bits per heavy atom. The van der Waals surface area contributed by atoms with E-state index in [0.29, 0.717) is 37.0 Å². The second-order valence-corrected chi connectivity index (χ2v) is 4.99. The highest BCUT2D eigenvalue weighted by Crippen LogP contribution is 2.25. The Kier molecular flexibility index (Phi) is 7.86. The Balaban J connectivity index is 2.35. The first kappa shape index (κ1) is 16.3. The first-order valence-corrected chi connectivity index (χ1v) is 7.27. The quantitative estimate of drug-likeness (QED) is 0.579. The maximum atomic E-state index is 11.9. The second kappa shape index (κ2) is 9.18. The molecule has 0 spiro atoms. The van der Waals surface area contributed by atoms with E-state index >= 15 is 0 Å². The molecule has 0 unspecified atom stereocenters. The maximum Gasteiger partial charge on any atom is 0.251 e. The van der Waals surface area contributed by atoms with Gasteiger partial charge in [0.05, 0.1) is 18.2 Å². The minimum absolute atomic E-state index is 0.110. The summed E-state index contributed by atoms with van der Waals surface area (Å²) in [6, 6.07) is 5.21. The van der Waals surface area contributed by atoms with Gasteiger partial charge in [-0.25, -0.2) is 0 Å². The van der Waals surface area contributed by atoms with Gasteiger partial charge in [-0.05, 0) is 40.5 Å². The number of amides is 1. The van der Waals surface area contributed by atoms with Crippen LogP contribution in [0.3, 0.4) is 0 Å². The van der Waals surface area contributed by atoms with Crippen molar-refractivity contribution in [3.8, 4) is 5.75 Å². The first-order chi connectivity index (χ1) is 9.19. The molecule has 1 amide bonds. The van der Waals surface area contributed by atoms with E-state index in [1.165, 1.54) is 0 Å². The summed E-state index contributed by atoms with van der Waals surface area (Å²) in [5.74, 6) is 1.08. The molecule has 0 heterocycles. The highest BCUT2D eigenvalue weighted by Gasteiger charge is 2.08. The molecule has 0 bridgehead atoms. The van der Waals surface area contributed by atoms with Crippen LogP contribution in [-0.2, 0) is 4.74 Å². The fourth-order valence-corrected chi connectivity index (χ4v) is 2.09. The average Bonchev–Trinajstić information content (AvgIpc) is 2.42. The van der Waals surface area contributed by atoms with Gasteiger partial charge < -0.3 is 14.8 Å². The van der Waals surface area contributed by atoms with Crippen molar-refractivity contribution in [1.82, 2.24) is 5.32 Å². The molecule has 0 aliphatic heterocycles. The molecule has 1 N–H and O–H groups in total. The summed E-state index contributed by atoms with van der Waals surface area (Å²) in [5, 5.41) is 2.83. The molecule has 106 valence electrons. The van der Waals surface area contributed by atoms with Gasteiger partial charge in [0.2, 0.25) is 0 Å². The summed E-state index contributed by atoms with van der Waals surface area (Å²) in [6.07, 6.45) is 0.764. The monoisotopic (exact) mass is 349 g/mol. The lowest BCUT2D eigenvalue weighted by atomic mass is 10.2. The van der Waals surface area contributed by atoms with Crippen LogP contribution in [0.15, 0.2) is 22.7 Å². The molecular weight excluding hydrogens is 334 g/mol. The van der Waals surface area contributed by atoms with Gasteiger partial charge in [-0.15, -0.1) is 11.6 Å². The zero-order valence-corrected chi connectivity index (χ0v) is 13.1. The van der Waals surface area contributed by atoms with E-state index in [-0.39, 0.29) is 5.91 Å². The molecule has 1 aromatic carbocycles. The molecule has 0 aromatic heterocycles. The third-order valence-corrected chi connectivity index (χ3v) is 3.16. The van der Waals surface area contributed by atoms with E-state index in [0.717, 1.165) is 10.9 Å². The average molecular weight is 351 g/mol. The normalized spacial score (nSPS) is 10.3. The standard InChI is InChI=1S/C13H17BrClNO3/c1-18-12-4-3-10(9-11(12)14)13(17)16-6-2-7-19-8-5-15/h3-4,9H,2,5-8H2,1H3,(H,16,17). The van der Waals surface area contributed by atoms with Crippen molar-refractivity contribution < 1.29 is 14.3 Å². The topological polar surface area (TPSA) is 47.6 Å². The van der Waals surface area contributed by atoms with E-state index in [4.69, 9.17) is 21.1 Å². The summed E-state index contributed by atoms with van der Waals surface area (Å²) < 4.78 is 11.1. The molecule has 0 aliphatic rings. The molecule has 0 saturated carbocycles. The number of ether oxygens (including phenoxy) is 2. The number of rotatable bonds is 8. The van der Waals surface area contributed by atoms with Crippen LogP contribution in [0.2, 0.25) is 0 Å². The van der Waals surface area contributed by atoms with E-state index in [1.54, 1.807) is 25.3 Å². The van der Waals surface area contributed by atoms with Gasteiger partial charge in [-0.3, -0.25) is 4.79 Å². The van der Waals surface area contributed by atoms with Gasteiger partial charge >= 0.3 is 0 Å². The second-order valence-electron chi connectivity index (χ2n) is 3.76. The van der Waals surface area contributed by atoms with Crippen LogP contribution < -0.4 is 10.1 Å². The smallest absolute Gasteiger partial charge is 0.251 e. The number of benzene rings is 1. The van der Waals surface area contributed by atoms with Gasteiger partial charge in [0, 0.05) is 24.6 Å². The highest BCUT2D eigenvalue weighted by molar-refractivity contribution is 9.10. The van der Waals surface area contributed by atoms with Crippen molar-refractivity contribution in [3.05, 3.63) is 28.2 Å². The van der Waals surface area contributed by atoms with Crippen LogP contribution in [0.25, 0.3) is 0 Å². The maximum absolute atomic E-state index is 11.9. The zero-order valence-electron chi connectivity index (χ0n) is 10.7. The lowest BCUT2D eigenvalue weighted by molar-refractivity contribution is 0.0944. The molecule has 0 radical (unpaired) electrons. The number of hydrogen-bond acceptors (Lipinski definition) is 3. The Bertz CT molecular complexity index is 415. The number of nitrogens with one attached hydrogen (secondary N) is 1. The highest BCUT2D eigenvalue weighted by atomic mass is 79.9. The molecule has 4 nitrogen and oxygen atoms in total. The van der Waals surface area contributed by atoms with Crippen molar-refractivity contribution in [2.75, 3.05) is 32.7 Å². The Hall–Kier alpha value is -0.780. The predicted octanol–water partition coefficient (Wildman–Crippen LogP) is 2.83. The number of carbonyl (C=O) groups is 1. The van der Waals surface area contributed by atoms with Crippen LogP contribution in [-0.4, -0.2) is 38.7 Å². The van der Waals surface area contributed by atoms with Gasteiger partial charge in [-0.1, -0.05) is 0 Å². The molecular formula is C13H17BrClNO3. The lowest BCUT2D eigenvalue weighted by Crippen LogP contribution is -2.25. The molecule has 0 atom stereocenters. The summed E-state index contributed by atoms with van der Waals surface area (Å²) in [5.41, 5.74) is 0.592. The van der Waals surface area contributed by atoms with E-state index in [9.17, 15) is 4.79 Å². The van der Waals surface area contributed by atoms with Gasteiger partial charge in [0.15, 0.2) is 0 Å². The predicted molar refractivity (Wildman–Crippen MR) is 79.2 cm³/mol. The molecule has 0 aliphatic carbocycles. The van der Waals surface area contributed by atoms with Crippen molar-refractivity contribution in [1.29, 1.82) is 0 Å². The van der Waals surface area contributed by atoms with Crippen LogP contribution in [0, 0.1) is 0 Å². The number of halogens is 2. The van der Waals surface area contributed by atoms with Crippen molar-refractivity contribution in [3.63, 3.8) is 0 Å². The zero-order chi connectivity index (χ0) is 14.1. The van der Waals surface area contributed by atoms with Crippen molar-refractivity contribution >= 4 is 33.4 Å². The van der Waals surface area contributed by atoms with Gasteiger partial charge in [0.25, 0.3) is 5.91 Å². The number of hydrogen-bond donors (Lipinski definition) is 1. The van der Waals surface area contributed by atoms with Gasteiger partial charge in [-0.2, -0.15) is 0 Å². The van der Waals surface area contributed by atoms with Gasteiger partial charge in [0.1, 0.15) is 5.75 Å². The van der Waals surface area contributed by atoms with Crippen LogP contribution in [0.5, 0.6) is 5.75 Å². The number of alkyl halides is 1. The molecule has 1 aromatic rings. The van der Waals surface area contributed by atoms with Crippen LogP contribution >= 0.6 is 27.5 Å². The summed E-state index contributed by atoms with van der Waals surface area (Å²) in [7, 11) is 1.58. The van der Waals surface area contributed by atoms with E-state index in [2.05, 4.69) is 21.2 Å². The summed E-state index contributed by atoms with van der Waals surface area (Å²) in [6.45, 7) is 1.71. The lowest BCUT2D eigenvalue weighted by Gasteiger charge is -2.08. The Morgan fingerprint density at radius 3 is 2.84 bits per heavy atom. The molecule has 0 saturated heterocycles.